The minimum absolute atomic E-state index is 0.386. The predicted molar refractivity (Wildman–Crippen MR) is 54.6 cm³/mol. The second kappa shape index (κ2) is 4.60. The van der Waals surface area contributed by atoms with Gasteiger partial charge in [0.2, 0.25) is 0 Å². The fourth-order valence-corrected chi connectivity index (χ4v) is 1.73. The monoisotopic (exact) mass is 286 g/mol. The summed E-state index contributed by atoms with van der Waals surface area (Å²) in [4.78, 5) is -0.929. The Bertz CT molecular complexity index is 306. The highest BCUT2D eigenvalue weighted by molar-refractivity contribution is 9.10. The molecular weight excluding hydrogens is 282 g/mol. The van der Waals surface area contributed by atoms with Crippen LogP contribution in [-0.2, 0) is 0 Å². The van der Waals surface area contributed by atoms with E-state index in [0.29, 0.717) is 10.0 Å². The average Bonchev–Trinajstić information content (AvgIpc) is 2.03. The van der Waals surface area contributed by atoms with Gasteiger partial charge in [-0.2, -0.15) is 0 Å². The molecule has 1 aromatic rings. The summed E-state index contributed by atoms with van der Waals surface area (Å²) in [7, 11) is 0. The van der Waals surface area contributed by atoms with Crippen LogP contribution in [0.5, 0.6) is 0 Å². The molecule has 0 radical (unpaired) electrons. The SMILES string of the molecule is OC(c1ccc(F)cc1Br)C(Cl)Cl. The Morgan fingerprint density at radius 2 is 2.00 bits per heavy atom. The standard InChI is InChI=1S/C8H6BrCl2FO/c9-6-3-4(12)1-2-5(6)7(13)8(10)11/h1-3,7-8,13H. The van der Waals surface area contributed by atoms with Gasteiger partial charge in [0, 0.05) is 4.47 Å². The highest BCUT2D eigenvalue weighted by Crippen LogP contribution is 2.30. The molecule has 72 valence electrons. The fourth-order valence-electron chi connectivity index (χ4n) is 0.877. The Labute approximate surface area is 93.6 Å². The predicted octanol–water partition coefficient (Wildman–Crippen LogP) is 3.43. The summed E-state index contributed by atoms with van der Waals surface area (Å²) >= 11 is 14.0. The maximum Gasteiger partial charge on any atom is 0.137 e. The second-order valence-corrected chi connectivity index (χ2v) is 4.46. The molecular formula is C8H6BrCl2FO. The van der Waals surface area contributed by atoms with Gasteiger partial charge in [-0.05, 0) is 17.7 Å². The molecule has 0 fully saturated rings. The number of aliphatic hydroxyl groups is 1. The molecule has 0 spiro atoms. The van der Waals surface area contributed by atoms with E-state index in [1.54, 1.807) is 0 Å². The van der Waals surface area contributed by atoms with Gasteiger partial charge in [-0.1, -0.05) is 22.0 Å². The summed E-state index contributed by atoms with van der Waals surface area (Å²) in [6.45, 7) is 0. The largest absolute Gasteiger partial charge is 0.386 e. The fraction of sp³-hybridized carbons (Fsp3) is 0.250. The molecule has 5 heteroatoms. The van der Waals surface area contributed by atoms with Gasteiger partial charge in [-0.3, -0.25) is 0 Å². The van der Waals surface area contributed by atoms with Crippen LogP contribution in [0.1, 0.15) is 11.7 Å². The zero-order chi connectivity index (χ0) is 10.0. The lowest BCUT2D eigenvalue weighted by molar-refractivity contribution is 0.192. The number of alkyl halides is 2. The number of halogens is 4. The molecule has 0 saturated heterocycles. The smallest absolute Gasteiger partial charge is 0.137 e. The highest BCUT2D eigenvalue weighted by Gasteiger charge is 2.18. The number of hydrogen-bond donors (Lipinski definition) is 1. The Balaban J connectivity index is 3.01. The van der Waals surface area contributed by atoms with E-state index in [1.165, 1.54) is 18.2 Å². The van der Waals surface area contributed by atoms with Crippen LogP contribution >= 0.6 is 39.1 Å². The first kappa shape index (κ1) is 11.2. The van der Waals surface area contributed by atoms with Crippen molar-refractivity contribution in [3.8, 4) is 0 Å². The molecule has 0 heterocycles. The normalized spacial score (nSPS) is 13.4. The molecule has 0 aliphatic rings. The molecule has 1 aromatic carbocycles. The third-order valence-corrected chi connectivity index (χ3v) is 2.68. The summed E-state index contributed by atoms with van der Waals surface area (Å²) in [5.74, 6) is -0.386. The Morgan fingerprint density at radius 1 is 1.38 bits per heavy atom. The van der Waals surface area contributed by atoms with Crippen molar-refractivity contribution in [3.05, 3.63) is 34.1 Å². The van der Waals surface area contributed by atoms with Crippen LogP contribution in [0.2, 0.25) is 0 Å². The molecule has 0 saturated carbocycles. The lowest BCUT2D eigenvalue weighted by atomic mass is 10.1. The van der Waals surface area contributed by atoms with E-state index < -0.39 is 10.9 Å². The first-order valence-electron chi connectivity index (χ1n) is 3.43. The topological polar surface area (TPSA) is 20.2 Å². The van der Waals surface area contributed by atoms with Gasteiger partial charge >= 0.3 is 0 Å². The van der Waals surface area contributed by atoms with E-state index in [2.05, 4.69) is 15.9 Å². The molecule has 1 nitrogen and oxygen atoms in total. The molecule has 1 atom stereocenters. The van der Waals surface area contributed by atoms with Crippen molar-refractivity contribution < 1.29 is 9.50 Å². The van der Waals surface area contributed by atoms with Crippen LogP contribution in [0.15, 0.2) is 22.7 Å². The minimum atomic E-state index is -1.02. The third kappa shape index (κ3) is 2.81. The number of hydrogen-bond acceptors (Lipinski definition) is 1. The number of aliphatic hydroxyl groups excluding tert-OH is 1. The van der Waals surface area contributed by atoms with Crippen LogP contribution in [0.25, 0.3) is 0 Å². The van der Waals surface area contributed by atoms with E-state index in [0.717, 1.165) is 0 Å². The van der Waals surface area contributed by atoms with Crippen molar-refractivity contribution in [1.82, 2.24) is 0 Å². The van der Waals surface area contributed by atoms with Crippen LogP contribution in [0.3, 0.4) is 0 Å². The van der Waals surface area contributed by atoms with Crippen molar-refractivity contribution in [2.75, 3.05) is 0 Å². The quantitative estimate of drug-likeness (QED) is 0.827. The van der Waals surface area contributed by atoms with Crippen LogP contribution < -0.4 is 0 Å². The van der Waals surface area contributed by atoms with Crippen molar-refractivity contribution in [2.45, 2.75) is 10.9 Å². The Morgan fingerprint density at radius 3 is 2.46 bits per heavy atom. The van der Waals surface area contributed by atoms with Crippen molar-refractivity contribution in [2.24, 2.45) is 0 Å². The van der Waals surface area contributed by atoms with E-state index in [9.17, 15) is 9.50 Å². The first-order valence-corrected chi connectivity index (χ1v) is 5.10. The zero-order valence-electron chi connectivity index (χ0n) is 6.35. The molecule has 0 aliphatic heterocycles. The van der Waals surface area contributed by atoms with E-state index in [4.69, 9.17) is 23.2 Å². The van der Waals surface area contributed by atoms with Gasteiger partial charge in [0.25, 0.3) is 0 Å². The number of rotatable bonds is 2. The van der Waals surface area contributed by atoms with Gasteiger partial charge in [-0.15, -0.1) is 23.2 Å². The highest BCUT2D eigenvalue weighted by atomic mass is 79.9. The molecule has 0 aromatic heterocycles. The maximum atomic E-state index is 12.6. The zero-order valence-corrected chi connectivity index (χ0v) is 9.44. The van der Waals surface area contributed by atoms with E-state index >= 15 is 0 Å². The van der Waals surface area contributed by atoms with Crippen molar-refractivity contribution >= 4 is 39.1 Å². The van der Waals surface area contributed by atoms with E-state index in [1.807, 2.05) is 0 Å². The molecule has 0 bridgehead atoms. The molecule has 0 aliphatic carbocycles. The van der Waals surface area contributed by atoms with Gasteiger partial charge in [-0.25, -0.2) is 4.39 Å². The second-order valence-electron chi connectivity index (χ2n) is 2.45. The van der Waals surface area contributed by atoms with Crippen LogP contribution in [0.4, 0.5) is 4.39 Å². The maximum absolute atomic E-state index is 12.6. The summed E-state index contributed by atoms with van der Waals surface area (Å²) in [5, 5.41) is 9.45. The lowest BCUT2D eigenvalue weighted by Crippen LogP contribution is -2.06. The van der Waals surface area contributed by atoms with Gasteiger partial charge in [0.15, 0.2) is 0 Å². The van der Waals surface area contributed by atoms with Gasteiger partial charge in [0.05, 0.1) is 0 Å². The Hall–Kier alpha value is 0.170. The van der Waals surface area contributed by atoms with Crippen LogP contribution in [0, 0.1) is 5.82 Å². The van der Waals surface area contributed by atoms with Crippen LogP contribution in [-0.4, -0.2) is 9.94 Å². The molecule has 13 heavy (non-hydrogen) atoms. The lowest BCUT2D eigenvalue weighted by Gasteiger charge is -2.13. The molecule has 1 N–H and O–H groups in total. The first-order chi connectivity index (χ1) is 6.02. The third-order valence-electron chi connectivity index (χ3n) is 1.52. The molecule has 1 unspecified atom stereocenters. The molecule has 0 amide bonds. The van der Waals surface area contributed by atoms with E-state index in [-0.39, 0.29) is 5.82 Å². The summed E-state index contributed by atoms with van der Waals surface area (Å²) < 4.78 is 13.1. The number of benzene rings is 1. The van der Waals surface area contributed by atoms with Crippen molar-refractivity contribution in [1.29, 1.82) is 0 Å². The summed E-state index contributed by atoms with van der Waals surface area (Å²) in [6, 6.07) is 3.91. The minimum Gasteiger partial charge on any atom is -0.386 e. The van der Waals surface area contributed by atoms with Gasteiger partial charge < -0.3 is 5.11 Å². The van der Waals surface area contributed by atoms with Gasteiger partial charge in [0.1, 0.15) is 16.8 Å². The van der Waals surface area contributed by atoms with Crippen molar-refractivity contribution in [3.63, 3.8) is 0 Å². The summed E-state index contributed by atoms with van der Waals surface area (Å²) in [5.41, 5.74) is 0.469. The Kier molecular flexibility index (Phi) is 3.98. The average molecular weight is 288 g/mol. The summed E-state index contributed by atoms with van der Waals surface area (Å²) in [6.07, 6.45) is -1.02. The molecule has 1 rings (SSSR count).